The van der Waals surface area contributed by atoms with Crippen LogP contribution < -0.4 is 3.58 Å². The first-order valence-corrected chi connectivity index (χ1v) is 7.17. The van der Waals surface area contributed by atoms with Gasteiger partial charge in [-0.2, -0.15) is 0 Å². The number of benzene rings is 1. The summed E-state index contributed by atoms with van der Waals surface area (Å²) in [6.07, 6.45) is 0. The molecule has 9 heavy (non-hydrogen) atoms. The predicted octanol–water partition coefficient (Wildman–Crippen LogP) is 0.683. The van der Waals surface area contributed by atoms with Gasteiger partial charge in [-0.05, 0) is 0 Å². The first-order chi connectivity index (χ1) is 4.39. The minimum absolute atomic E-state index is 1.41. The Morgan fingerprint density at radius 3 is 1.78 bits per heavy atom. The molecule has 1 aromatic rings. The second-order valence-corrected chi connectivity index (χ2v) is 3.01. The summed E-state index contributed by atoms with van der Waals surface area (Å²) >= 11 is 3.08. The maximum atomic E-state index is 2.12. The van der Waals surface area contributed by atoms with Crippen molar-refractivity contribution in [2.45, 2.75) is 4.58 Å². The van der Waals surface area contributed by atoms with Crippen molar-refractivity contribution in [3.63, 3.8) is 0 Å². The number of hydrogen-bond acceptors (Lipinski definition) is 0. The Hall–Kier alpha value is 0.915. The standard InChI is InChI=1S/C6H5.CH3.Po.Sn/c1-2-4-6-5-3-1;;;/h1-5H;1H3;;. The van der Waals surface area contributed by atoms with Gasteiger partial charge in [-0.1, -0.05) is 0 Å². The van der Waals surface area contributed by atoms with Crippen molar-refractivity contribution in [2.75, 3.05) is 0 Å². The van der Waals surface area contributed by atoms with Crippen LogP contribution in [0.3, 0.4) is 0 Å². The van der Waals surface area contributed by atoms with Gasteiger partial charge in [-0.3, -0.25) is 0 Å². The van der Waals surface area contributed by atoms with Crippen molar-refractivity contribution in [2.24, 2.45) is 0 Å². The van der Waals surface area contributed by atoms with E-state index in [9.17, 15) is 0 Å². The Labute approximate surface area is 85.3 Å². The van der Waals surface area contributed by atoms with Crippen molar-refractivity contribution < 1.29 is 0 Å². The van der Waals surface area contributed by atoms with Crippen molar-refractivity contribution >= 4 is 51.2 Å². The Balaban J connectivity index is 0.000000291. The van der Waals surface area contributed by atoms with E-state index in [0.29, 0.717) is 0 Å². The molecule has 0 fully saturated rings. The van der Waals surface area contributed by atoms with Crippen LogP contribution >= 0.6 is 0 Å². The van der Waals surface area contributed by atoms with Gasteiger partial charge in [0.25, 0.3) is 0 Å². The molecule has 0 aliphatic carbocycles. The molecule has 0 heterocycles. The molecule has 0 nitrogen and oxygen atoms in total. The average Bonchev–Trinajstić information content (AvgIpc) is 1.94. The fraction of sp³-hybridized carbons (Fsp3) is 0.143. The van der Waals surface area contributed by atoms with Gasteiger partial charge in [0.05, 0.1) is 0 Å². The Kier molecular flexibility index (Phi) is 7.74. The summed E-state index contributed by atoms with van der Waals surface area (Å²) in [4.78, 5) is 0. The van der Waals surface area contributed by atoms with Crippen LogP contribution in [-0.2, 0) is 0 Å². The van der Waals surface area contributed by atoms with Crippen LogP contribution in [0.5, 0.6) is 0 Å². The molecule has 0 bridgehead atoms. The summed E-state index contributed by atoms with van der Waals surface area (Å²) in [5, 5.41) is 0. The molecule has 0 unspecified atom stereocenters. The van der Waals surface area contributed by atoms with E-state index in [1.165, 1.54) is 26.1 Å². The van der Waals surface area contributed by atoms with Crippen LogP contribution in [0, 0.1) is 0 Å². The second kappa shape index (κ2) is 7.03. The van der Waals surface area contributed by atoms with Crippen LogP contribution in [0.15, 0.2) is 30.3 Å². The fourth-order valence-corrected chi connectivity index (χ4v) is 0.987. The summed E-state index contributed by atoms with van der Waals surface area (Å²) in [6, 6.07) is 10.4. The Morgan fingerprint density at radius 1 is 1.11 bits per heavy atom. The predicted molar refractivity (Wildman–Crippen MR) is 43.4 cm³/mol. The SMILES string of the molecule is [CH3][Po].[Sn][c]1ccccc1. The molecule has 0 amide bonds. The molecule has 0 atom stereocenters. The van der Waals surface area contributed by atoms with Crippen molar-refractivity contribution in [1.29, 1.82) is 0 Å². The molecular formula is C7H8PoSn. The summed E-state index contributed by atoms with van der Waals surface area (Å²) in [7, 11) is 0. The molecule has 4 radical (unpaired) electrons. The Bertz CT molecular complexity index is 139. The van der Waals surface area contributed by atoms with E-state index >= 15 is 0 Å². The van der Waals surface area contributed by atoms with Crippen LogP contribution in [0.1, 0.15) is 0 Å². The molecule has 0 spiro atoms. The molecule has 0 aromatic heterocycles. The van der Waals surface area contributed by atoms with Gasteiger partial charge >= 0.3 is 86.1 Å². The van der Waals surface area contributed by atoms with Gasteiger partial charge in [0.15, 0.2) is 0 Å². The normalized spacial score (nSPS) is 7.44. The van der Waals surface area contributed by atoms with Gasteiger partial charge < -0.3 is 0 Å². The van der Waals surface area contributed by atoms with Crippen LogP contribution in [-0.4, -0.2) is 47.6 Å². The van der Waals surface area contributed by atoms with Crippen molar-refractivity contribution in [3.8, 4) is 0 Å². The molecular weight excluding hydrogens is 412 g/mol. The molecule has 46 valence electrons. The molecule has 0 N–H and O–H groups in total. The van der Waals surface area contributed by atoms with Gasteiger partial charge in [0.1, 0.15) is 0 Å². The van der Waals surface area contributed by atoms with Crippen LogP contribution in [0.4, 0.5) is 0 Å². The topological polar surface area (TPSA) is 0 Å². The van der Waals surface area contributed by atoms with Gasteiger partial charge in [0, 0.05) is 0 Å². The van der Waals surface area contributed by atoms with Gasteiger partial charge in [-0.25, -0.2) is 0 Å². The summed E-state index contributed by atoms with van der Waals surface area (Å²) < 4.78 is 3.50. The van der Waals surface area contributed by atoms with Gasteiger partial charge in [-0.15, -0.1) is 0 Å². The van der Waals surface area contributed by atoms with E-state index in [4.69, 9.17) is 0 Å². The third kappa shape index (κ3) is 5.36. The average molecular weight is 420 g/mol. The summed E-state index contributed by atoms with van der Waals surface area (Å²) in [5.41, 5.74) is 0. The van der Waals surface area contributed by atoms with Crippen molar-refractivity contribution in [1.82, 2.24) is 0 Å². The molecule has 1 aromatic carbocycles. The molecule has 2 heteroatoms. The third-order valence-electron chi connectivity index (χ3n) is 0.774. The summed E-state index contributed by atoms with van der Waals surface area (Å²) in [5.74, 6) is 0. The summed E-state index contributed by atoms with van der Waals surface area (Å²) in [6.45, 7) is 0. The first-order valence-electron chi connectivity index (χ1n) is 2.57. The molecule has 0 saturated carbocycles. The van der Waals surface area contributed by atoms with Crippen molar-refractivity contribution in [3.05, 3.63) is 30.3 Å². The zero-order valence-electron chi connectivity index (χ0n) is 5.29. The minimum atomic E-state index is 1.41. The number of rotatable bonds is 0. The van der Waals surface area contributed by atoms with Gasteiger partial charge in [0.2, 0.25) is 0 Å². The quantitative estimate of drug-likeness (QED) is 0.543. The van der Waals surface area contributed by atoms with E-state index in [2.05, 4.69) is 28.8 Å². The van der Waals surface area contributed by atoms with E-state index < -0.39 is 0 Å². The fourth-order valence-electron chi connectivity index (χ4n) is 0.438. The molecule has 0 aliphatic heterocycles. The molecule has 0 saturated heterocycles. The first kappa shape index (κ1) is 9.91. The zero-order valence-corrected chi connectivity index (χ0v) is 11.3. The second-order valence-electron chi connectivity index (χ2n) is 1.37. The van der Waals surface area contributed by atoms with Crippen LogP contribution in [0.25, 0.3) is 0 Å². The van der Waals surface area contributed by atoms with E-state index in [0.717, 1.165) is 0 Å². The zero-order chi connectivity index (χ0) is 7.11. The third-order valence-corrected chi connectivity index (χ3v) is 1.73. The van der Waals surface area contributed by atoms with E-state index in [1.807, 2.05) is 6.07 Å². The number of hydrogen-bond donors (Lipinski definition) is 0. The molecule has 0 aliphatic rings. The molecule has 1 rings (SSSR count). The van der Waals surface area contributed by atoms with E-state index in [-0.39, 0.29) is 0 Å². The monoisotopic (exact) mass is 421 g/mol. The maximum absolute atomic E-state index is 2.12. The van der Waals surface area contributed by atoms with Crippen LogP contribution in [0.2, 0.25) is 4.58 Å². The van der Waals surface area contributed by atoms with E-state index in [1.54, 1.807) is 25.1 Å². The Morgan fingerprint density at radius 2 is 1.56 bits per heavy atom.